The lowest BCUT2D eigenvalue weighted by Crippen LogP contribution is -2.41. The number of amides is 2. The van der Waals surface area contributed by atoms with E-state index >= 15 is 0 Å². The lowest BCUT2D eigenvalue weighted by atomic mass is 9.92. The molecule has 238 valence electrons. The summed E-state index contributed by atoms with van der Waals surface area (Å²) >= 11 is 6.52. The van der Waals surface area contributed by atoms with Gasteiger partial charge in [-0.1, -0.05) is 78.3 Å². The van der Waals surface area contributed by atoms with Gasteiger partial charge in [0.05, 0.1) is 5.69 Å². The molecule has 0 N–H and O–H groups in total. The normalized spacial score (nSPS) is 19.1. The summed E-state index contributed by atoms with van der Waals surface area (Å²) in [6, 6.07) is 27.1. The monoisotopic (exact) mass is 626 g/mol. The van der Waals surface area contributed by atoms with Crippen molar-refractivity contribution in [1.82, 2.24) is 14.7 Å². The number of piperidine rings is 1. The number of carbonyl (C=O) groups is 2. The van der Waals surface area contributed by atoms with Crippen LogP contribution in [0.2, 0.25) is 5.02 Å². The van der Waals surface area contributed by atoms with Crippen LogP contribution in [-0.4, -0.2) is 72.3 Å². The van der Waals surface area contributed by atoms with Crippen molar-refractivity contribution in [2.75, 3.05) is 50.7 Å². The minimum Gasteiger partial charge on any atom is -0.337 e. The maximum absolute atomic E-state index is 14.1. The van der Waals surface area contributed by atoms with Gasteiger partial charge in [-0.3, -0.25) is 14.5 Å². The number of halogens is 1. The Hall–Kier alpha value is -3.19. The molecule has 45 heavy (non-hydrogen) atoms. The van der Waals surface area contributed by atoms with Crippen LogP contribution in [0.15, 0.2) is 78.9 Å². The van der Waals surface area contributed by atoms with Crippen molar-refractivity contribution in [1.29, 1.82) is 0 Å². The van der Waals surface area contributed by atoms with Crippen LogP contribution in [0, 0.1) is 11.8 Å². The van der Waals surface area contributed by atoms with Crippen LogP contribution in [0.25, 0.3) is 0 Å². The van der Waals surface area contributed by atoms with Gasteiger partial charge >= 0.3 is 0 Å². The van der Waals surface area contributed by atoms with Crippen molar-refractivity contribution < 1.29 is 9.59 Å². The molecule has 2 amide bonds. The Labute approximate surface area is 273 Å². The van der Waals surface area contributed by atoms with Crippen LogP contribution in [-0.2, 0) is 29.1 Å². The Kier molecular flexibility index (Phi) is 10.9. The molecular weight excluding hydrogens is 580 g/mol. The van der Waals surface area contributed by atoms with Crippen LogP contribution >= 0.6 is 11.6 Å². The van der Waals surface area contributed by atoms with Crippen LogP contribution in [0.3, 0.4) is 0 Å². The number of likely N-dealkylation sites (tertiary alicyclic amines) is 1. The molecule has 3 aromatic carbocycles. The molecule has 1 aliphatic carbocycles. The van der Waals surface area contributed by atoms with Gasteiger partial charge in [0.15, 0.2) is 0 Å². The predicted molar refractivity (Wildman–Crippen MR) is 182 cm³/mol. The largest absolute Gasteiger partial charge is 0.337 e. The second-order valence-corrected chi connectivity index (χ2v) is 13.6. The SMILES string of the molecule is O=C(CC1CCN(CCc2ccccc2)CC1)N1CCN(Cc2ccccc2)CCCN(C(=O)C2CC2)c2cc(Cl)ccc2C1. The van der Waals surface area contributed by atoms with Crippen LogP contribution in [0.5, 0.6) is 0 Å². The molecule has 2 heterocycles. The molecule has 3 aliphatic rings. The third-order valence-corrected chi connectivity index (χ3v) is 10.0. The van der Waals surface area contributed by atoms with E-state index in [4.69, 9.17) is 11.6 Å². The Morgan fingerprint density at radius 3 is 2.16 bits per heavy atom. The third kappa shape index (κ3) is 8.96. The molecule has 2 aliphatic heterocycles. The fourth-order valence-corrected chi connectivity index (χ4v) is 7.03. The topological polar surface area (TPSA) is 47.1 Å². The second-order valence-electron chi connectivity index (χ2n) is 13.2. The summed E-state index contributed by atoms with van der Waals surface area (Å²) in [6.07, 6.45) is 6.56. The third-order valence-electron chi connectivity index (χ3n) is 9.77. The number of benzene rings is 3. The molecule has 7 heteroatoms. The summed E-state index contributed by atoms with van der Waals surface area (Å²) in [5.74, 6) is 0.933. The maximum atomic E-state index is 14.1. The summed E-state index contributed by atoms with van der Waals surface area (Å²) < 4.78 is 0. The molecule has 6 rings (SSSR count). The van der Waals surface area contributed by atoms with E-state index < -0.39 is 0 Å². The first-order valence-electron chi connectivity index (χ1n) is 16.9. The van der Waals surface area contributed by atoms with Crippen LogP contribution in [0.1, 0.15) is 55.2 Å². The second kappa shape index (κ2) is 15.4. The number of hydrogen-bond acceptors (Lipinski definition) is 4. The van der Waals surface area contributed by atoms with Gasteiger partial charge in [0.2, 0.25) is 11.8 Å². The van der Waals surface area contributed by atoms with E-state index in [1.165, 1.54) is 11.1 Å². The van der Waals surface area contributed by atoms with Crippen LogP contribution in [0.4, 0.5) is 5.69 Å². The van der Waals surface area contributed by atoms with E-state index in [9.17, 15) is 9.59 Å². The maximum Gasteiger partial charge on any atom is 0.230 e. The molecule has 0 spiro atoms. The molecule has 0 unspecified atom stereocenters. The number of fused-ring (bicyclic) bond motifs is 1. The lowest BCUT2D eigenvalue weighted by molar-refractivity contribution is -0.133. The molecule has 0 radical (unpaired) electrons. The number of nitrogens with zero attached hydrogens (tertiary/aromatic N) is 4. The number of carbonyl (C=O) groups excluding carboxylic acids is 2. The quantitative estimate of drug-likeness (QED) is 0.281. The van der Waals surface area contributed by atoms with E-state index in [2.05, 4.69) is 69.3 Å². The highest BCUT2D eigenvalue weighted by Crippen LogP contribution is 2.35. The van der Waals surface area contributed by atoms with E-state index in [-0.39, 0.29) is 17.7 Å². The summed E-state index contributed by atoms with van der Waals surface area (Å²) in [4.78, 5) is 36.7. The molecule has 3 aromatic rings. The highest BCUT2D eigenvalue weighted by Gasteiger charge is 2.35. The van der Waals surface area contributed by atoms with Gasteiger partial charge in [0, 0.05) is 63.2 Å². The van der Waals surface area contributed by atoms with Crippen molar-refractivity contribution in [3.05, 3.63) is 101 Å². The van der Waals surface area contributed by atoms with Crippen molar-refractivity contribution in [3.8, 4) is 0 Å². The van der Waals surface area contributed by atoms with Gasteiger partial charge in [-0.15, -0.1) is 0 Å². The van der Waals surface area contributed by atoms with Gasteiger partial charge in [0.25, 0.3) is 0 Å². The molecular formula is C38H47ClN4O2. The highest BCUT2D eigenvalue weighted by atomic mass is 35.5. The molecule has 0 bridgehead atoms. The summed E-state index contributed by atoms with van der Waals surface area (Å²) in [6.45, 7) is 7.49. The highest BCUT2D eigenvalue weighted by molar-refractivity contribution is 6.31. The fourth-order valence-electron chi connectivity index (χ4n) is 6.87. The fraction of sp³-hybridized carbons (Fsp3) is 0.474. The Balaban J connectivity index is 1.15. The minimum atomic E-state index is 0.110. The number of hydrogen-bond donors (Lipinski definition) is 0. The van der Waals surface area contributed by atoms with Crippen molar-refractivity contribution in [3.63, 3.8) is 0 Å². The zero-order valence-corrected chi connectivity index (χ0v) is 27.2. The first-order valence-corrected chi connectivity index (χ1v) is 17.3. The number of anilines is 1. The van der Waals surface area contributed by atoms with Crippen molar-refractivity contribution >= 4 is 29.1 Å². The summed E-state index contributed by atoms with van der Waals surface area (Å²) in [7, 11) is 0. The van der Waals surface area contributed by atoms with Gasteiger partial charge in [-0.2, -0.15) is 0 Å². The average Bonchev–Trinajstić information content (AvgIpc) is 3.91. The molecule has 2 fully saturated rings. The molecule has 0 atom stereocenters. The molecule has 1 saturated heterocycles. The van der Waals surface area contributed by atoms with Gasteiger partial charge in [-0.05, 0) is 86.4 Å². The van der Waals surface area contributed by atoms with Crippen molar-refractivity contribution in [2.24, 2.45) is 11.8 Å². The lowest BCUT2D eigenvalue weighted by Gasteiger charge is -2.33. The Morgan fingerprint density at radius 2 is 1.44 bits per heavy atom. The molecule has 1 saturated carbocycles. The van der Waals surface area contributed by atoms with Gasteiger partial charge in [-0.25, -0.2) is 0 Å². The van der Waals surface area contributed by atoms with Gasteiger partial charge < -0.3 is 14.7 Å². The average molecular weight is 627 g/mol. The first-order chi connectivity index (χ1) is 22.0. The standard InChI is InChI=1S/C38H47ClN4O2/c39-35-15-14-34-29-42(37(44)26-31-17-22-40(23-18-31)21-16-30-8-3-1-4-9-30)25-24-41(28-32-10-5-2-6-11-32)19-7-20-43(36(34)27-35)38(45)33-12-13-33/h1-6,8-11,14-15,27,31,33H,7,12-13,16-26,28-29H2. The zero-order valence-electron chi connectivity index (χ0n) is 26.5. The van der Waals surface area contributed by atoms with Crippen molar-refractivity contribution in [2.45, 2.75) is 58.0 Å². The first kappa shape index (κ1) is 31.8. The Bertz CT molecular complexity index is 1410. The summed E-state index contributed by atoms with van der Waals surface area (Å²) in [5.41, 5.74) is 4.54. The zero-order chi connectivity index (χ0) is 31.0. The van der Waals surface area contributed by atoms with Gasteiger partial charge in [0.1, 0.15) is 0 Å². The minimum absolute atomic E-state index is 0.110. The van der Waals surface area contributed by atoms with E-state index in [0.29, 0.717) is 37.0 Å². The predicted octanol–water partition coefficient (Wildman–Crippen LogP) is 6.66. The Morgan fingerprint density at radius 1 is 0.733 bits per heavy atom. The molecule has 0 aromatic heterocycles. The molecule has 6 nitrogen and oxygen atoms in total. The van der Waals surface area contributed by atoms with E-state index in [1.54, 1.807) is 0 Å². The van der Waals surface area contributed by atoms with E-state index in [0.717, 1.165) is 89.0 Å². The smallest absolute Gasteiger partial charge is 0.230 e. The van der Waals surface area contributed by atoms with Crippen LogP contribution < -0.4 is 4.90 Å². The summed E-state index contributed by atoms with van der Waals surface area (Å²) in [5, 5.41) is 0.625. The number of rotatable bonds is 8. The van der Waals surface area contributed by atoms with E-state index in [1.807, 2.05) is 29.2 Å².